The van der Waals surface area contributed by atoms with E-state index in [1.165, 1.54) is 6.92 Å². The van der Waals surface area contributed by atoms with Gasteiger partial charge >= 0.3 is 5.97 Å². The molecule has 3 aliphatic carbocycles. The van der Waals surface area contributed by atoms with Gasteiger partial charge in [0.05, 0.1) is 35.9 Å². The van der Waals surface area contributed by atoms with Gasteiger partial charge in [-0.15, -0.1) is 0 Å². The van der Waals surface area contributed by atoms with Crippen molar-refractivity contribution >= 4 is 11.8 Å². The van der Waals surface area contributed by atoms with Crippen molar-refractivity contribution in [2.75, 3.05) is 6.61 Å². The number of carbonyl (C=O) groups is 2. The summed E-state index contributed by atoms with van der Waals surface area (Å²) < 4.78 is 18.9. The summed E-state index contributed by atoms with van der Waals surface area (Å²) in [5.41, 5.74) is -4.63. The van der Waals surface area contributed by atoms with Crippen molar-refractivity contribution < 1.29 is 83.6 Å². The maximum Gasteiger partial charge on any atom is 0.303 e. The molecule has 3 fully saturated rings. The average Bonchev–Trinajstić information content (AvgIpc) is 2.68. The first kappa shape index (κ1) is 25.2. The van der Waals surface area contributed by atoms with Crippen LogP contribution in [0.2, 0.25) is 0 Å². The quantitative estimate of drug-likeness (QED) is 0.248. The number of hydrogen-bond donors (Lipinski definition) is 4. The van der Waals surface area contributed by atoms with Crippen molar-refractivity contribution in [1.82, 2.24) is 0 Å². The third-order valence-electron chi connectivity index (χ3n) is 9.11. The van der Waals surface area contributed by atoms with Crippen LogP contribution in [0.1, 0.15) is 54.4 Å². The van der Waals surface area contributed by atoms with E-state index in [1.54, 1.807) is 34.6 Å². The minimum atomic E-state index is -1.55. The van der Waals surface area contributed by atoms with Crippen molar-refractivity contribution in [1.29, 1.82) is 1.43 Å². The average molecular weight is 667 g/mol. The zero-order valence-corrected chi connectivity index (χ0v) is 24.3. The standard InChI is InChI=1S/C23H34O8.Ac/c1-10-13(25)8-23(29)11(2)18-21(6,14(26)7-15-22(18,28)9-30-15)19(27)17(31-12(3)24)16(10)20(23,4)5;/h11,13-15,17-18,25-26,28-29H,7-9H2,1-6H3;/t11-,13-,14-,15+,17+,18?,21+,22-,23+;/m0./s1/i26D;. The molecule has 1 aliphatic heterocycles. The normalized spacial score (nSPS) is 49.9. The van der Waals surface area contributed by atoms with Crippen molar-refractivity contribution in [3.63, 3.8) is 0 Å². The van der Waals surface area contributed by atoms with Crippen molar-refractivity contribution in [2.24, 2.45) is 22.7 Å². The summed E-state index contributed by atoms with van der Waals surface area (Å²) in [6, 6.07) is 0. The number of ketones is 1. The van der Waals surface area contributed by atoms with Gasteiger partial charge < -0.3 is 29.9 Å². The van der Waals surface area contributed by atoms with E-state index in [9.17, 15) is 24.9 Å². The van der Waals surface area contributed by atoms with E-state index >= 15 is 0 Å². The molecule has 2 saturated carbocycles. The molecule has 8 nitrogen and oxygen atoms in total. The molecule has 0 aromatic heterocycles. The number of rotatable bonds is 2. The largest absolute Gasteiger partial charge is 0.450 e. The molecular formula is C23H34AcO8. The van der Waals surface area contributed by atoms with E-state index in [0.717, 1.165) is 0 Å². The Labute approximate surface area is 225 Å². The Morgan fingerprint density at radius 1 is 1.28 bits per heavy atom. The second kappa shape index (κ2) is 8.08. The molecule has 4 rings (SSSR count). The molecule has 1 unspecified atom stereocenters. The van der Waals surface area contributed by atoms with Gasteiger partial charge in [0, 0.05) is 75.2 Å². The summed E-state index contributed by atoms with van der Waals surface area (Å²) in [5, 5.41) is 39.8. The van der Waals surface area contributed by atoms with Gasteiger partial charge in [0.25, 0.3) is 0 Å². The Bertz CT molecular complexity index is 892. The van der Waals surface area contributed by atoms with Crippen LogP contribution in [0.3, 0.4) is 0 Å². The van der Waals surface area contributed by atoms with E-state index in [0.29, 0.717) is 11.1 Å². The summed E-state index contributed by atoms with van der Waals surface area (Å²) in [6.07, 6.45) is -3.89. The molecule has 0 aromatic carbocycles. The Morgan fingerprint density at radius 3 is 2.41 bits per heavy atom. The van der Waals surface area contributed by atoms with Gasteiger partial charge in [0.1, 0.15) is 5.60 Å². The van der Waals surface area contributed by atoms with Crippen LogP contribution in [0.25, 0.3) is 0 Å². The molecule has 2 bridgehead atoms. The van der Waals surface area contributed by atoms with Crippen LogP contribution in [-0.4, -0.2) is 75.8 Å². The predicted octanol–water partition coefficient (Wildman–Crippen LogP) is 0.492. The molecule has 9 atom stereocenters. The maximum atomic E-state index is 14.3. The zero-order valence-electron chi connectivity index (χ0n) is 20.5. The van der Waals surface area contributed by atoms with Gasteiger partial charge in [-0.2, -0.15) is 0 Å². The number of hydrogen-bond acceptors (Lipinski definition) is 8. The molecule has 1 heterocycles. The third kappa shape index (κ3) is 3.15. The van der Waals surface area contributed by atoms with Gasteiger partial charge in [-0.25, -0.2) is 0 Å². The minimum Gasteiger partial charge on any atom is -0.450 e. The Kier molecular flexibility index (Phi) is 6.37. The number of fused-ring (bicyclic) bond motifs is 5. The summed E-state index contributed by atoms with van der Waals surface area (Å²) in [5.74, 6) is -2.73. The van der Waals surface area contributed by atoms with E-state index in [2.05, 4.69) is 0 Å². The first-order valence-corrected chi connectivity index (χ1v) is 11.0. The Hall–Kier alpha value is 0.122. The van der Waals surface area contributed by atoms with E-state index in [-0.39, 0.29) is 63.5 Å². The summed E-state index contributed by atoms with van der Waals surface area (Å²) in [4.78, 5) is 26.4. The smallest absolute Gasteiger partial charge is 0.303 e. The minimum absolute atomic E-state index is 0. The van der Waals surface area contributed by atoms with Crippen LogP contribution in [-0.2, 0) is 19.1 Å². The molecule has 4 N–H and O–H groups in total. The summed E-state index contributed by atoms with van der Waals surface area (Å²) in [6.45, 7) is 9.82. The number of ether oxygens (including phenoxy) is 2. The molecule has 177 valence electrons. The van der Waals surface area contributed by atoms with Gasteiger partial charge in [0.2, 0.25) is 1.43 Å². The fourth-order valence-corrected chi connectivity index (χ4v) is 7.22. The van der Waals surface area contributed by atoms with Crippen LogP contribution in [0.4, 0.5) is 0 Å². The van der Waals surface area contributed by atoms with Gasteiger partial charge in [-0.3, -0.25) is 9.59 Å². The molecule has 9 heteroatoms. The third-order valence-corrected chi connectivity index (χ3v) is 9.11. The van der Waals surface area contributed by atoms with E-state index in [1.807, 2.05) is 0 Å². The molecular weight excluding hydrogens is 631 g/mol. The molecule has 0 spiro atoms. The fraction of sp³-hybridized carbons (Fsp3) is 0.826. The van der Waals surface area contributed by atoms with Crippen LogP contribution in [0.15, 0.2) is 11.1 Å². The van der Waals surface area contributed by atoms with E-state index < -0.39 is 70.0 Å². The number of aliphatic hydroxyl groups is 4. The van der Waals surface area contributed by atoms with Crippen LogP contribution in [0, 0.1) is 66.7 Å². The second-order valence-corrected chi connectivity index (χ2v) is 10.8. The molecule has 1 radical (unpaired) electrons. The number of aliphatic hydroxyl groups excluding tert-OH is 2. The maximum absolute atomic E-state index is 14.3. The van der Waals surface area contributed by atoms with Crippen LogP contribution < -0.4 is 0 Å². The SMILES string of the molecule is [2H]O[C@H]1C[C@H]2OC[C@@]2(O)C2[C@H](C)[C@]3(O)C[C@H](O)C(C)=C([C@@H](OC(C)=O)C(=O)[C@@]21C)C3(C)C.[Ac]. The Morgan fingerprint density at radius 2 is 1.91 bits per heavy atom. The van der Waals surface area contributed by atoms with Crippen LogP contribution in [0.5, 0.6) is 0 Å². The molecule has 0 amide bonds. The molecule has 4 aliphatic rings. The van der Waals surface area contributed by atoms with Crippen molar-refractivity contribution in [2.45, 2.75) is 90.0 Å². The zero-order chi connectivity index (χ0) is 24.0. The summed E-state index contributed by atoms with van der Waals surface area (Å²) >= 11 is 0. The molecule has 0 aromatic rings. The molecule has 1 saturated heterocycles. The predicted molar refractivity (Wildman–Crippen MR) is 109 cm³/mol. The summed E-state index contributed by atoms with van der Waals surface area (Å²) in [7, 11) is 0. The topological polar surface area (TPSA) is 134 Å². The number of esters is 1. The van der Waals surface area contributed by atoms with E-state index in [4.69, 9.17) is 16.0 Å². The van der Waals surface area contributed by atoms with Crippen molar-refractivity contribution in [3.8, 4) is 0 Å². The van der Waals surface area contributed by atoms with Gasteiger partial charge in [-0.1, -0.05) is 20.8 Å². The van der Waals surface area contributed by atoms with Crippen molar-refractivity contribution in [3.05, 3.63) is 11.1 Å². The monoisotopic (exact) mass is 666 g/mol. The number of Topliss-reactive ketones (excluding diaryl/α,β-unsaturated/α-hetero) is 1. The second-order valence-electron chi connectivity index (χ2n) is 10.8. The fourth-order valence-electron chi connectivity index (χ4n) is 7.22. The van der Waals surface area contributed by atoms with Gasteiger partial charge in [-0.05, 0) is 30.9 Å². The van der Waals surface area contributed by atoms with Crippen LogP contribution >= 0.6 is 0 Å². The first-order chi connectivity index (χ1) is 14.7. The first-order valence-electron chi connectivity index (χ1n) is 11.4. The number of carbonyl (C=O) groups excluding carboxylic acids is 2. The molecule has 32 heavy (non-hydrogen) atoms. The Balaban J connectivity index is 0.00000306. The van der Waals surface area contributed by atoms with Gasteiger partial charge in [0.15, 0.2) is 11.9 Å².